The Kier molecular flexibility index (Phi) is 5.69. The molecule has 118 valence electrons. The third-order valence-corrected chi connectivity index (χ3v) is 6.85. The molecule has 1 aliphatic rings. The molecule has 5 heteroatoms. The number of nitrogens with zero attached hydrogens (tertiary/aromatic N) is 1. The Labute approximate surface area is 133 Å². The van der Waals surface area contributed by atoms with Gasteiger partial charge in [0.05, 0.1) is 5.75 Å². The number of sulfonamides is 1. The summed E-state index contributed by atoms with van der Waals surface area (Å²) in [7, 11) is -1.54. The molecule has 0 radical (unpaired) electrons. The lowest BCUT2D eigenvalue weighted by Gasteiger charge is -2.28. The van der Waals surface area contributed by atoms with Crippen LogP contribution in [0, 0.1) is 5.92 Å². The molecular weight excluding hydrogens is 306 g/mol. The fourth-order valence-corrected chi connectivity index (χ4v) is 4.86. The lowest BCUT2D eigenvalue weighted by Crippen LogP contribution is -2.34. The normalized spacial score (nSPS) is 18.9. The predicted molar refractivity (Wildman–Crippen MR) is 88.0 cm³/mol. The van der Waals surface area contributed by atoms with Crippen LogP contribution in [0.2, 0.25) is 5.02 Å². The van der Waals surface area contributed by atoms with Crippen molar-refractivity contribution in [3.63, 3.8) is 0 Å². The summed E-state index contributed by atoms with van der Waals surface area (Å²) in [5.41, 5.74) is 0.967. The molecule has 0 unspecified atom stereocenters. The van der Waals surface area contributed by atoms with Crippen molar-refractivity contribution < 1.29 is 8.42 Å². The molecule has 0 aliphatic heterocycles. The zero-order chi connectivity index (χ0) is 15.5. The van der Waals surface area contributed by atoms with Gasteiger partial charge in [-0.1, -0.05) is 43.0 Å². The van der Waals surface area contributed by atoms with E-state index < -0.39 is 10.0 Å². The summed E-state index contributed by atoms with van der Waals surface area (Å²) < 4.78 is 26.7. The smallest absolute Gasteiger partial charge is 0.212 e. The molecule has 0 N–H and O–H groups in total. The second-order valence-corrected chi connectivity index (χ2v) is 8.54. The molecule has 1 aromatic rings. The van der Waals surface area contributed by atoms with Crippen molar-refractivity contribution in [2.45, 2.75) is 45.1 Å². The molecule has 1 fully saturated rings. The van der Waals surface area contributed by atoms with E-state index in [2.05, 4.69) is 0 Å². The van der Waals surface area contributed by atoms with E-state index >= 15 is 0 Å². The van der Waals surface area contributed by atoms with Gasteiger partial charge >= 0.3 is 0 Å². The Bertz CT molecular complexity index is 550. The summed E-state index contributed by atoms with van der Waals surface area (Å²) in [6.45, 7) is 1.92. The molecule has 0 saturated heterocycles. The van der Waals surface area contributed by atoms with E-state index in [9.17, 15) is 8.42 Å². The fourth-order valence-electron chi connectivity index (χ4n) is 2.96. The van der Waals surface area contributed by atoms with E-state index in [0.717, 1.165) is 31.2 Å². The number of benzene rings is 1. The molecule has 0 aromatic heterocycles. The van der Waals surface area contributed by atoms with Gasteiger partial charge in [-0.3, -0.25) is 0 Å². The summed E-state index contributed by atoms with van der Waals surface area (Å²) in [5, 5.41) is 0.665. The number of hydrogen-bond donors (Lipinski definition) is 0. The van der Waals surface area contributed by atoms with Gasteiger partial charge in [-0.2, -0.15) is 4.31 Å². The van der Waals surface area contributed by atoms with Crippen LogP contribution in [0.1, 0.15) is 50.6 Å². The minimum absolute atomic E-state index is 0.171. The van der Waals surface area contributed by atoms with Crippen LogP contribution >= 0.6 is 11.6 Å². The SMILES string of the molecule is C[C@@H](c1ccc(Cl)cc1)N(C)S(=O)(=O)CC1CCCCC1. The average molecular weight is 330 g/mol. The van der Waals surface area contributed by atoms with Crippen molar-refractivity contribution in [3.8, 4) is 0 Å². The second kappa shape index (κ2) is 7.12. The summed E-state index contributed by atoms with van der Waals surface area (Å²) in [6, 6.07) is 7.21. The van der Waals surface area contributed by atoms with Gasteiger partial charge in [-0.15, -0.1) is 0 Å². The standard InChI is InChI=1S/C16H24ClNO2S/c1-13(15-8-10-16(17)11-9-15)18(2)21(19,20)12-14-6-4-3-5-7-14/h8-11,13-14H,3-7,12H2,1-2H3/t13-/m0/s1. The summed E-state index contributed by atoms with van der Waals surface area (Å²) in [6.07, 6.45) is 5.66. The Hall–Kier alpha value is -0.580. The highest BCUT2D eigenvalue weighted by molar-refractivity contribution is 7.89. The maximum absolute atomic E-state index is 12.6. The van der Waals surface area contributed by atoms with Crippen LogP contribution in [0.3, 0.4) is 0 Å². The number of halogens is 1. The van der Waals surface area contributed by atoms with Crippen LogP contribution in [-0.4, -0.2) is 25.5 Å². The molecule has 1 saturated carbocycles. The number of hydrogen-bond acceptors (Lipinski definition) is 2. The third-order valence-electron chi connectivity index (χ3n) is 4.51. The summed E-state index contributed by atoms with van der Waals surface area (Å²) in [4.78, 5) is 0. The maximum atomic E-state index is 12.6. The molecule has 1 atom stereocenters. The van der Waals surface area contributed by atoms with Crippen LogP contribution in [0.4, 0.5) is 0 Å². The number of rotatable bonds is 5. The molecule has 1 aromatic carbocycles. The van der Waals surface area contributed by atoms with Crippen LogP contribution in [0.25, 0.3) is 0 Å². The molecule has 21 heavy (non-hydrogen) atoms. The Morgan fingerprint density at radius 3 is 2.33 bits per heavy atom. The topological polar surface area (TPSA) is 37.4 Å². The van der Waals surface area contributed by atoms with Crippen LogP contribution in [0.15, 0.2) is 24.3 Å². The van der Waals surface area contributed by atoms with Crippen molar-refractivity contribution in [1.82, 2.24) is 4.31 Å². The van der Waals surface area contributed by atoms with Gasteiger partial charge in [0.2, 0.25) is 10.0 Å². The third kappa shape index (κ3) is 4.44. The first kappa shape index (κ1) is 16.8. The van der Waals surface area contributed by atoms with Crippen LogP contribution in [-0.2, 0) is 10.0 Å². The summed E-state index contributed by atoms with van der Waals surface area (Å²) in [5.74, 6) is 0.602. The largest absolute Gasteiger partial charge is 0.214 e. The van der Waals surface area contributed by atoms with E-state index in [4.69, 9.17) is 11.6 Å². The fraction of sp³-hybridized carbons (Fsp3) is 0.625. The average Bonchev–Trinajstić information content (AvgIpc) is 2.47. The van der Waals surface area contributed by atoms with E-state index in [1.54, 1.807) is 19.2 Å². The van der Waals surface area contributed by atoms with Gasteiger partial charge in [0.25, 0.3) is 0 Å². The van der Waals surface area contributed by atoms with E-state index in [0.29, 0.717) is 10.9 Å². The summed E-state index contributed by atoms with van der Waals surface area (Å²) >= 11 is 5.88. The highest BCUT2D eigenvalue weighted by Crippen LogP contribution is 2.28. The van der Waals surface area contributed by atoms with Crippen molar-refractivity contribution in [2.75, 3.05) is 12.8 Å². The molecule has 3 nitrogen and oxygen atoms in total. The Balaban J connectivity index is 2.05. The molecule has 2 rings (SSSR count). The quantitative estimate of drug-likeness (QED) is 0.810. The van der Waals surface area contributed by atoms with Gasteiger partial charge < -0.3 is 0 Å². The van der Waals surface area contributed by atoms with Crippen molar-refractivity contribution in [2.24, 2.45) is 5.92 Å². The van der Waals surface area contributed by atoms with Crippen LogP contribution in [0.5, 0.6) is 0 Å². The Morgan fingerprint density at radius 1 is 1.19 bits per heavy atom. The molecule has 0 bridgehead atoms. The van der Waals surface area contributed by atoms with E-state index in [1.807, 2.05) is 19.1 Å². The monoisotopic (exact) mass is 329 g/mol. The van der Waals surface area contributed by atoms with Crippen molar-refractivity contribution in [1.29, 1.82) is 0 Å². The first-order valence-electron chi connectivity index (χ1n) is 7.61. The van der Waals surface area contributed by atoms with Crippen molar-refractivity contribution in [3.05, 3.63) is 34.9 Å². The molecule has 0 heterocycles. The Morgan fingerprint density at radius 2 is 1.76 bits per heavy atom. The lowest BCUT2D eigenvalue weighted by atomic mass is 9.91. The minimum Gasteiger partial charge on any atom is -0.212 e. The maximum Gasteiger partial charge on any atom is 0.214 e. The first-order chi connectivity index (χ1) is 9.90. The van der Waals surface area contributed by atoms with E-state index in [1.165, 1.54) is 10.7 Å². The minimum atomic E-state index is -3.22. The highest BCUT2D eigenvalue weighted by Gasteiger charge is 2.28. The lowest BCUT2D eigenvalue weighted by molar-refractivity contribution is 0.360. The molecular formula is C16H24ClNO2S. The predicted octanol–water partition coefficient (Wildman–Crippen LogP) is 4.24. The van der Waals surface area contributed by atoms with Gasteiger partial charge in [0, 0.05) is 18.1 Å². The molecule has 1 aliphatic carbocycles. The van der Waals surface area contributed by atoms with Gasteiger partial charge in [0.15, 0.2) is 0 Å². The first-order valence-corrected chi connectivity index (χ1v) is 9.60. The highest BCUT2D eigenvalue weighted by atomic mass is 35.5. The zero-order valence-corrected chi connectivity index (χ0v) is 14.3. The van der Waals surface area contributed by atoms with Crippen LogP contribution < -0.4 is 0 Å². The van der Waals surface area contributed by atoms with Crippen molar-refractivity contribution >= 4 is 21.6 Å². The zero-order valence-electron chi connectivity index (χ0n) is 12.8. The van der Waals surface area contributed by atoms with E-state index in [-0.39, 0.29) is 11.8 Å². The molecule has 0 amide bonds. The second-order valence-electron chi connectivity index (χ2n) is 6.03. The van der Waals surface area contributed by atoms with Gasteiger partial charge in [-0.25, -0.2) is 8.42 Å². The van der Waals surface area contributed by atoms with Gasteiger partial charge in [-0.05, 0) is 43.4 Å². The van der Waals surface area contributed by atoms with Gasteiger partial charge in [0.1, 0.15) is 0 Å². The molecule has 0 spiro atoms.